The van der Waals surface area contributed by atoms with Crippen LogP contribution in [0.15, 0.2) is 52.2 Å². The third-order valence-electron chi connectivity index (χ3n) is 4.52. The average molecular weight is 411 g/mol. The molecule has 4 rings (SSSR count). The number of fused-ring (bicyclic) bond motifs is 1. The normalized spacial score (nSPS) is 11.1. The van der Waals surface area contributed by atoms with Crippen molar-refractivity contribution in [3.8, 4) is 11.1 Å². The quantitative estimate of drug-likeness (QED) is 0.449. The summed E-state index contributed by atoms with van der Waals surface area (Å²) in [6.07, 6.45) is 1.52. The molecule has 0 aliphatic carbocycles. The van der Waals surface area contributed by atoms with E-state index in [0.29, 0.717) is 15.1 Å². The Morgan fingerprint density at radius 1 is 1.18 bits per heavy atom. The van der Waals surface area contributed by atoms with Crippen LogP contribution in [0.4, 0.5) is 0 Å². The summed E-state index contributed by atoms with van der Waals surface area (Å²) >= 11 is 2.79. The molecule has 3 aromatic heterocycles. The second-order valence-electron chi connectivity index (χ2n) is 6.50. The third kappa shape index (κ3) is 3.50. The molecule has 0 bridgehead atoms. The summed E-state index contributed by atoms with van der Waals surface area (Å²) in [6, 6.07) is 9.72. The van der Waals surface area contributed by atoms with E-state index >= 15 is 0 Å². The van der Waals surface area contributed by atoms with Crippen molar-refractivity contribution in [1.82, 2.24) is 9.55 Å². The first-order valence-electron chi connectivity index (χ1n) is 8.79. The molecule has 0 radical (unpaired) electrons. The number of aromatic nitrogens is 2. The molecule has 7 heteroatoms. The minimum atomic E-state index is -0.372. The first-order valence-corrected chi connectivity index (χ1v) is 10.6. The van der Waals surface area contributed by atoms with E-state index in [-0.39, 0.29) is 24.7 Å². The predicted molar refractivity (Wildman–Crippen MR) is 113 cm³/mol. The second kappa shape index (κ2) is 7.69. The second-order valence-corrected chi connectivity index (χ2v) is 8.31. The van der Waals surface area contributed by atoms with Crippen molar-refractivity contribution in [1.29, 1.82) is 0 Å². The van der Waals surface area contributed by atoms with Crippen LogP contribution in [0.25, 0.3) is 21.3 Å². The molecule has 5 nitrogen and oxygen atoms in total. The van der Waals surface area contributed by atoms with Crippen molar-refractivity contribution in [3.05, 3.63) is 73.8 Å². The topological polar surface area (TPSA) is 61.2 Å². The van der Waals surface area contributed by atoms with Gasteiger partial charge in [0.2, 0.25) is 0 Å². The minimum Gasteiger partial charge on any atom is -0.460 e. The van der Waals surface area contributed by atoms with Crippen LogP contribution in [-0.2, 0) is 11.3 Å². The minimum absolute atomic E-state index is 0.117. The molecular weight excluding hydrogens is 392 g/mol. The molecule has 28 heavy (non-hydrogen) atoms. The van der Waals surface area contributed by atoms with E-state index in [1.807, 2.05) is 29.8 Å². The van der Waals surface area contributed by atoms with E-state index in [1.165, 1.54) is 39.1 Å². The molecule has 0 saturated carbocycles. The Labute approximate surface area is 169 Å². The molecule has 0 fully saturated rings. The molecule has 142 valence electrons. The van der Waals surface area contributed by atoms with Gasteiger partial charge in [0.1, 0.15) is 16.3 Å². The van der Waals surface area contributed by atoms with Gasteiger partial charge in [0.05, 0.1) is 18.3 Å². The van der Waals surface area contributed by atoms with Gasteiger partial charge in [0, 0.05) is 10.9 Å². The summed E-state index contributed by atoms with van der Waals surface area (Å²) in [5, 5.41) is 4.42. The first kappa shape index (κ1) is 18.6. The fourth-order valence-electron chi connectivity index (χ4n) is 3.14. The number of hydrogen-bond acceptors (Lipinski definition) is 6. The average Bonchev–Trinajstić information content (AvgIpc) is 3.34. The lowest BCUT2D eigenvalue weighted by molar-refractivity contribution is 0.0496. The molecular formula is C21H18N2O3S2. The smallest absolute Gasteiger partial charge is 0.348 e. The Kier molecular flexibility index (Phi) is 5.11. The van der Waals surface area contributed by atoms with Crippen LogP contribution in [0.3, 0.4) is 0 Å². The van der Waals surface area contributed by atoms with Crippen LogP contribution in [0.5, 0.6) is 0 Å². The molecule has 0 N–H and O–H groups in total. The highest BCUT2D eigenvalue weighted by atomic mass is 32.1. The van der Waals surface area contributed by atoms with Gasteiger partial charge in [-0.3, -0.25) is 9.36 Å². The Bertz CT molecular complexity index is 1210. The highest BCUT2D eigenvalue weighted by Crippen LogP contribution is 2.32. The number of carbonyl (C=O) groups is 1. The predicted octanol–water partition coefficient (Wildman–Crippen LogP) is 4.66. The highest BCUT2D eigenvalue weighted by molar-refractivity contribution is 7.17. The Morgan fingerprint density at radius 3 is 2.79 bits per heavy atom. The summed E-state index contributed by atoms with van der Waals surface area (Å²) in [5.41, 5.74) is 4.13. The van der Waals surface area contributed by atoms with E-state index in [2.05, 4.69) is 18.0 Å². The van der Waals surface area contributed by atoms with Crippen molar-refractivity contribution in [2.45, 2.75) is 20.4 Å². The Morgan fingerprint density at radius 2 is 2.04 bits per heavy atom. The summed E-state index contributed by atoms with van der Waals surface area (Å²) < 4.78 is 6.78. The van der Waals surface area contributed by atoms with Gasteiger partial charge in [0.15, 0.2) is 0 Å². The van der Waals surface area contributed by atoms with Gasteiger partial charge in [-0.1, -0.05) is 29.8 Å². The van der Waals surface area contributed by atoms with Crippen molar-refractivity contribution in [3.63, 3.8) is 0 Å². The van der Waals surface area contributed by atoms with Crippen molar-refractivity contribution < 1.29 is 9.53 Å². The van der Waals surface area contributed by atoms with Gasteiger partial charge in [-0.15, -0.1) is 22.7 Å². The maximum Gasteiger partial charge on any atom is 0.348 e. The zero-order valence-electron chi connectivity index (χ0n) is 15.5. The first-order chi connectivity index (χ1) is 13.5. The monoisotopic (exact) mass is 410 g/mol. The third-order valence-corrected chi connectivity index (χ3v) is 6.26. The zero-order chi connectivity index (χ0) is 19.7. The maximum atomic E-state index is 13.1. The van der Waals surface area contributed by atoms with Gasteiger partial charge < -0.3 is 4.74 Å². The fraction of sp³-hybridized carbons (Fsp3) is 0.190. The van der Waals surface area contributed by atoms with Crippen molar-refractivity contribution in [2.75, 3.05) is 6.61 Å². The SMILES string of the molecule is Cc1ccc(-c2csc3ncn(CCOC(=O)c4cccs4)c(=O)c23)c(C)c1. The van der Waals surface area contributed by atoms with Gasteiger partial charge in [-0.2, -0.15) is 0 Å². The van der Waals surface area contributed by atoms with Crippen LogP contribution in [0.2, 0.25) is 0 Å². The Hall–Kier alpha value is -2.77. The largest absolute Gasteiger partial charge is 0.460 e. The molecule has 0 unspecified atom stereocenters. The molecule has 1 aromatic carbocycles. The number of nitrogens with zero attached hydrogens (tertiary/aromatic N) is 2. The molecule has 4 aromatic rings. The fourth-order valence-corrected chi connectivity index (χ4v) is 4.66. The van der Waals surface area contributed by atoms with Crippen molar-refractivity contribution >= 4 is 38.9 Å². The molecule has 0 atom stereocenters. The number of rotatable bonds is 5. The number of hydrogen-bond donors (Lipinski definition) is 0. The number of aryl methyl sites for hydroxylation is 2. The van der Waals surface area contributed by atoms with Gasteiger partial charge in [-0.25, -0.2) is 9.78 Å². The summed E-state index contributed by atoms with van der Waals surface area (Å²) in [4.78, 5) is 30.7. The van der Waals surface area contributed by atoms with E-state index in [0.717, 1.165) is 16.7 Å². The van der Waals surface area contributed by atoms with Gasteiger partial charge >= 0.3 is 5.97 Å². The number of esters is 1. The van der Waals surface area contributed by atoms with Crippen LogP contribution < -0.4 is 5.56 Å². The van der Waals surface area contributed by atoms with Crippen LogP contribution in [-0.4, -0.2) is 22.1 Å². The molecule has 0 aliphatic heterocycles. The molecule has 0 saturated heterocycles. The summed E-state index contributed by atoms with van der Waals surface area (Å²) in [5.74, 6) is -0.372. The van der Waals surface area contributed by atoms with Gasteiger partial charge in [-0.05, 0) is 36.4 Å². The lowest BCUT2D eigenvalue weighted by Crippen LogP contribution is -2.23. The standard InChI is InChI=1S/C21H18N2O3S2/c1-13-5-6-15(14(2)10-13)16-11-28-19-18(16)20(24)23(12-22-19)7-8-26-21(25)17-4-3-9-27-17/h3-6,9-12H,7-8H2,1-2H3. The number of benzene rings is 1. The molecule has 0 aliphatic rings. The zero-order valence-corrected chi connectivity index (χ0v) is 17.1. The summed E-state index contributed by atoms with van der Waals surface area (Å²) in [7, 11) is 0. The summed E-state index contributed by atoms with van der Waals surface area (Å²) in [6.45, 7) is 4.48. The van der Waals surface area contributed by atoms with Crippen LogP contribution in [0.1, 0.15) is 20.8 Å². The molecule has 3 heterocycles. The number of thiophene rings is 2. The lowest BCUT2D eigenvalue weighted by Gasteiger charge is -2.08. The number of ether oxygens (including phenoxy) is 1. The van der Waals surface area contributed by atoms with Crippen molar-refractivity contribution in [2.24, 2.45) is 0 Å². The van der Waals surface area contributed by atoms with Crippen LogP contribution >= 0.6 is 22.7 Å². The highest BCUT2D eigenvalue weighted by Gasteiger charge is 2.15. The van der Waals surface area contributed by atoms with E-state index in [9.17, 15) is 9.59 Å². The molecule has 0 spiro atoms. The maximum absolute atomic E-state index is 13.1. The van der Waals surface area contributed by atoms with E-state index < -0.39 is 0 Å². The van der Waals surface area contributed by atoms with E-state index in [1.54, 1.807) is 12.1 Å². The van der Waals surface area contributed by atoms with Crippen LogP contribution in [0, 0.1) is 13.8 Å². The molecule has 0 amide bonds. The lowest BCUT2D eigenvalue weighted by atomic mass is 9.99. The number of carbonyl (C=O) groups excluding carboxylic acids is 1. The van der Waals surface area contributed by atoms with Gasteiger partial charge in [0.25, 0.3) is 5.56 Å². The van der Waals surface area contributed by atoms with E-state index in [4.69, 9.17) is 4.74 Å². The Balaban J connectivity index is 1.61.